The number of carboxylic acids is 1. The molecule has 0 aliphatic heterocycles. The van der Waals surface area contributed by atoms with E-state index >= 15 is 0 Å². The van der Waals surface area contributed by atoms with E-state index in [2.05, 4.69) is 26.0 Å². The van der Waals surface area contributed by atoms with E-state index in [1.54, 1.807) is 22.9 Å². The summed E-state index contributed by atoms with van der Waals surface area (Å²) in [6, 6.07) is 4.88. The smallest absolute Gasteiger partial charge is 0.335 e. The summed E-state index contributed by atoms with van der Waals surface area (Å²) in [4.78, 5) is 15.4. The van der Waals surface area contributed by atoms with E-state index in [4.69, 9.17) is 5.11 Å². The number of nitrogens with zero attached hydrogens (tertiary/aromatic N) is 3. The van der Waals surface area contributed by atoms with Gasteiger partial charge < -0.3 is 5.11 Å². The molecule has 6 heteroatoms. The fourth-order valence-electron chi connectivity index (χ4n) is 1.78. The zero-order valence-electron chi connectivity index (χ0n) is 10.7. The molecule has 1 aromatic carbocycles. The van der Waals surface area contributed by atoms with Crippen molar-refractivity contribution in [2.45, 2.75) is 26.7 Å². The van der Waals surface area contributed by atoms with Gasteiger partial charge in [-0.3, -0.25) is 0 Å². The van der Waals surface area contributed by atoms with E-state index in [1.807, 2.05) is 13.8 Å². The number of hydrogen-bond acceptors (Lipinski definition) is 3. The number of carbonyl (C=O) groups is 1. The molecule has 0 radical (unpaired) electrons. The van der Waals surface area contributed by atoms with Crippen molar-refractivity contribution in [3.8, 4) is 5.69 Å². The Balaban J connectivity index is 2.52. The minimum absolute atomic E-state index is 0.240. The topological polar surface area (TPSA) is 68.0 Å². The molecule has 0 saturated heterocycles. The van der Waals surface area contributed by atoms with Gasteiger partial charge in [0, 0.05) is 17.3 Å². The Labute approximate surface area is 119 Å². The Kier molecular flexibility index (Phi) is 3.99. The molecule has 19 heavy (non-hydrogen) atoms. The zero-order valence-corrected chi connectivity index (χ0v) is 12.3. The Morgan fingerprint density at radius 2 is 2.11 bits per heavy atom. The number of carboxylic acid groups (broad SMARTS) is 1. The van der Waals surface area contributed by atoms with Gasteiger partial charge in [-0.1, -0.05) is 13.8 Å². The van der Waals surface area contributed by atoms with Crippen LogP contribution >= 0.6 is 15.9 Å². The number of aromatic nitrogens is 3. The Hall–Kier alpha value is -1.69. The maximum absolute atomic E-state index is 10.9. The molecule has 0 saturated carbocycles. The highest BCUT2D eigenvalue weighted by Gasteiger charge is 2.13. The SMILES string of the molecule is CCc1nc(CC)n(-c2ccc(C(=O)O)cc2Br)n1. The molecule has 0 unspecified atom stereocenters. The molecule has 1 N–H and O–H groups in total. The predicted molar refractivity (Wildman–Crippen MR) is 74.8 cm³/mol. The van der Waals surface area contributed by atoms with Gasteiger partial charge in [-0.2, -0.15) is 5.10 Å². The van der Waals surface area contributed by atoms with E-state index in [1.165, 1.54) is 0 Å². The van der Waals surface area contributed by atoms with Gasteiger partial charge in [0.2, 0.25) is 0 Å². The van der Waals surface area contributed by atoms with Crippen molar-refractivity contribution < 1.29 is 9.90 Å². The summed E-state index contributed by atoms with van der Waals surface area (Å²) in [7, 11) is 0. The first-order valence-electron chi connectivity index (χ1n) is 6.04. The lowest BCUT2D eigenvalue weighted by atomic mass is 10.2. The molecule has 1 heterocycles. The second-order valence-electron chi connectivity index (χ2n) is 4.03. The van der Waals surface area contributed by atoms with Gasteiger partial charge in [-0.05, 0) is 34.1 Å². The predicted octanol–water partition coefficient (Wildman–Crippen LogP) is 2.85. The van der Waals surface area contributed by atoms with E-state index in [-0.39, 0.29) is 5.56 Å². The quantitative estimate of drug-likeness (QED) is 0.939. The summed E-state index contributed by atoms with van der Waals surface area (Å²) in [5, 5.41) is 13.4. The van der Waals surface area contributed by atoms with Gasteiger partial charge in [0.15, 0.2) is 5.82 Å². The van der Waals surface area contributed by atoms with Gasteiger partial charge in [0.25, 0.3) is 0 Å². The number of rotatable bonds is 4. The minimum Gasteiger partial charge on any atom is -0.478 e. The second kappa shape index (κ2) is 5.52. The standard InChI is InChI=1S/C13H14BrN3O2/c1-3-11-15-12(4-2)17(16-11)10-6-5-8(13(18)19)7-9(10)14/h5-7H,3-4H2,1-2H3,(H,18,19). The Morgan fingerprint density at radius 1 is 1.37 bits per heavy atom. The lowest BCUT2D eigenvalue weighted by Gasteiger charge is -2.07. The van der Waals surface area contributed by atoms with Crippen LogP contribution < -0.4 is 0 Å². The van der Waals surface area contributed by atoms with Crippen LogP contribution in [0.4, 0.5) is 0 Å². The van der Waals surface area contributed by atoms with Crippen LogP contribution in [0.3, 0.4) is 0 Å². The average Bonchev–Trinajstić information content (AvgIpc) is 2.81. The summed E-state index contributed by atoms with van der Waals surface area (Å²) < 4.78 is 2.45. The Bertz CT molecular complexity index is 622. The van der Waals surface area contributed by atoms with Gasteiger partial charge >= 0.3 is 5.97 Å². The van der Waals surface area contributed by atoms with Crippen molar-refractivity contribution in [1.82, 2.24) is 14.8 Å². The van der Waals surface area contributed by atoms with Gasteiger partial charge in [0.05, 0.1) is 11.3 Å². The third kappa shape index (κ3) is 2.68. The van der Waals surface area contributed by atoms with Gasteiger partial charge in [0.1, 0.15) is 5.82 Å². The van der Waals surface area contributed by atoms with Crippen molar-refractivity contribution in [3.63, 3.8) is 0 Å². The molecule has 1 aromatic heterocycles. The van der Waals surface area contributed by atoms with Crippen molar-refractivity contribution in [3.05, 3.63) is 39.9 Å². The molecule has 5 nitrogen and oxygen atoms in total. The van der Waals surface area contributed by atoms with Crippen molar-refractivity contribution in [2.24, 2.45) is 0 Å². The van der Waals surface area contributed by atoms with Crippen LogP contribution in [0.5, 0.6) is 0 Å². The fraction of sp³-hybridized carbons (Fsp3) is 0.308. The molecule has 100 valence electrons. The molecular weight excluding hydrogens is 310 g/mol. The fourth-order valence-corrected chi connectivity index (χ4v) is 2.32. The van der Waals surface area contributed by atoms with Crippen molar-refractivity contribution in [1.29, 1.82) is 0 Å². The monoisotopic (exact) mass is 323 g/mol. The second-order valence-corrected chi connectivity index (χ2v) is 4.89. The first-order chi connectivity index (χ1) is 9.06. The molecule has 0 amide bonds. The van der Waals surface area contributed by atoms with E-state index in [0.29, 0.717) is 4.47 Å². The van der Waals surface area contributed by atoms with Gasteiger partial charge in [-0.15, -0.1) is 0 Å². The highest BCUT2D eigenvalue weighted by atomic mass is 79.9. The van der Waals surface area contributed by atoms with Crippen molar-refractivity contribution >= 4 is 21.9 Å². The molecule has 0 bridgehead atoms. The first kappa shape index (κ1) is 13.7. The summed E-state index contributed by atoms with van der Waals surface area (Å²) in [6.45, 7) is 4.02. The minimum atomic E-state index is -0.948. The van der Waals surface area contributed by atoms with Crippen LogP contribution in [-0.2, 0) is 12.8 Å². The number of hydrogen-bond donors (Lipinski definition) is 1. The molecule has 2 aromatic rings. The summed E-state index contributed by atoms with van der Waals surface area (Å²) in [6.07, 6.45) is 1.53. The Morgan fingerprint density at radius 3 is 2.63 bits per heavy atom. The molecule has 0 aliphatic carbocycles. The molecule has 2 rings (SSSR count). The van der Waals surface area contributed by atoms with Crippen LogP contribution in [0.15, 0.2) is 22.7 Å². The van der Waals surface area contributed by atoms with Crippen LogP contribution in [0.25, 0.3) is 5.69 Å². The lowest BCUT2D eigenvalue weighted by Crippen LogP contribution is -2.04. The third-order valence-corrected chi connectivity index (χ3v) is 3.41. The normalized spacial score (nSPS) is 10.7. The average molecular weight is 324 g/mol. The number of halogens is 1. The number of aryl methyl sites for hydroxylation is 2. The van der Waals surface area contributed by atoms with E-state index in [9.17, 15) is 4.79 Å². The number of benzene rings is 1. The largest absolute Gasteiger partial charge is 0.478 e. The molecule has 0 aliphatic rings. The van der Waals surface area contributed by atoms with Gasteiger partial charge in [-0.25, -0.2) is 14.5 Å². The van der Waals surface area contributed by atoms with Crippen LogP contribution in [0.2, 0.25) is 0 Å². The maximum Gasteiger partial charge on any atom is 0.335 e. The zero-order chi connectivity index (χ0) is 14.0. The summed E-state index contributed by atoms with van der Waals surface area (Å²) in [5.74, 6) is 0.697. The molecule has 0 spiro atoms. The summed E-state index contributed by atoms with van der Waals surface area (Å²) in [5.41, 5.74) is 1.04. The molecule has 0 fully saturated rings. The highest BCUT2D eigenvalue weighted by Crippen LogP contribution is 2.23. The van der Waals surface area contributed by atoms with Crippen LogP contribution in [0, 0.1) is 0 Å². The highest BCUT2D eigenvalue weighted by molar-refractivity contribution is 9.10. The van der Waals surface area contributed by atoms with E-state index < -0.39 is 5.97 Å². The first-order valence-corrected chi connectivity index (χ1v) is 6.84. The van der Waals surface area contributed by atoms with Crippen molar-refractivity contribution in [2.75, 3.05) is 0 Å². The van der Waals surface area contributed by atoms with E-state index in [0.717, 1.165) is 30.2 Å². The van der Waals surface area contributed by atoms with Crippen LogP contribution in [0.1, 0.15) is 35.9 Å². The maximum atomic E-state index is 10.9. The van der Waals surface area contributed by atoms with Crippen LogP contribution in [-0.4, -0.2) is 25.8 Å². The molecule has 0 atom stereocenters. The third-order valence-electron chi connectivity index (χ3n) is 2.77. The number of aromatic carboxylic acids is 1. The molecular formula is C13H14BrN3O2. The lowest BCUT2D eigenvalue weighted by molar-refractivity contribution is 0.0697. The summed E-state index contributed by atoms with van der Waals surface area (Å²) >= 11 is 3.39.